The summed E-state index contributed by atoms with van der Waals surface area (Å²) in [6, 6.07) is 15.7. The van der Waals surface area contributed by atoms with Gasteiger partial charge in [0.25, 0.3) is 0 Å². The molecule has 0 saturated carbocycles. The van der Waals surface area contributed by atoms with Gasteiger partial charge in [-0.05, 0) is 78.3 Å². The van der Waals surface area contributed by atoms with E-state index < -0.39 is 28.7 Å². The summed E-state index contributed by atoms with van der Waals surface area (Å²) >= 11 is 3.39. The number of benzene rings is 2. The number of aryl methyl sites for hydroxylation is 1. The predicted molar refractivity (Wildman–Crippen MR) is 154 cm³/mol. The Bertz CT molecular complexity index is 1120. The van der Waals surface area contributed by atoms with E-state index in [-0.39, 0.29) is 5.91 Å². The van der Waals surface area contributed by atoms with Gasteiger partial charge in [-0.3, -0.25) is 9.69 Å². The molecule has 2 amide bonds. The van der Waals surface area contributed by atoms with Gasteiger partial charge in [0.2, 0.25) is 5.91 Å². The molecular weight excluding hydrogens is 550 g/mol. The molecule has 2 aromatic carbocycles. The molecule has 0 spiro atoms. The first kappa shape index (κ1) is 33.1. The number of methoxy groups -OCH3 is 1. The third kappa shape index (κ3) is 9.76. The van der Waals surface area contributed by atoms with Crippen molar-refractivity contribution in [3.63, 3.8) is 0 Å². The minimum absolute atomic E-state index is 0.343. The van der Waals surface area contributed by atoms with Crippen molar-refractivity contribution in [1.29, 1.82) is 0 Å². The second kappa shape index (κ2) is 13.8. The number of nitrogens with two attached hydrogens (primary N) is 1. The molecule has 2 rings (SSSR count). The number of nitrogens with zero attached hydrogens (tertiary/aromatic N) is 1. The smallest absolute Gasteiger partial charge is 0.410 e. The van der Waals surface area contributed by atoms with Crippen LogP contribution in [-0.4, -0.2) is 60.8 Å². The van der Waals surface area contributed by atoms with Crippen LogP contribution in [-0.2, 0) is 31.9 Å². The molecule has 0 aliphatic carbocycles. The molecule has 0 radical (unpaired) electrons. The van der Waals surface area contributed by atoms with Gasteiger partial charge in [-0.25, -0.2) is 9.59 Å². The van der Waals surface area contributed by atoms with Crippen molar-refractivity contribution >= 4 is 33.9 Å². The van der Waals surface area contributed by atoms with Gasteiger partial charge in [0.05, 0.1) is 12.6 Å². The summed E-state index contributed by atoms with van der Waals surface area (Å²) in [5, 5.41) is 2.96. The second-order valence-electron chi connectivity index (χ2n) is 10.7. The summed E-state index contributed by atoms with van der Waals surface area (Å²) in [4.78, 5) is 37.3. The number of hydrogen-bond donors (Lipinski definition) is 2. The van der Waals surface area contributed by atoms with Crippen LogP contribution in [0.1, 0.15) is 51.3 Å². The highest BCUT2D eigenvalue weighted by Crippen LogP contribution is 2.24. The summed E-state index contributed by atoms with van der Waals surface area (Å²) in [6.45, 7) is 10.8. The Morgan fingerprint density at radius 1 is 0.974 bits per heavy atom. The zero-order chi connectivity index (χ0) is 29.3. The largest absolute Gasteiger partial charge is 0.467 e. The van der Waals surface area contributed by atoms with E-state index in [0.29, 0.717) is 12.8 Å². The Balaban J connectivity index is 0.000000415. The summed E-state index contributed by atoms with van der Waals surface area (Å²) in [6.07, 6.45) is 0.369. The third-order valence-corrected chi connectivity index (χ3v) is 6.70. The van der Waals surface area contributed by atoms with Crippen molar-refractivity contribution in [2.24, 2.45) is 5.73 Å². The molecular formula is C29H42BrN3O5. The number of ether oxygens (including phenoxy) is 2. The fraction of sp³-hybridized carbons (Fsp3) is 0.483. The van der Waals surface area contributed by atoms with Gasteiger partial charge in [0.15, 0.2) is 0 Å². The summed E-state index contributed by atoms with van der Waals surface area (Å²) < 4.78 is 11.3. The molecule has 0 aromatic heterocycles. The average Bonchev–Trinajstić information content (AvgIpc) is 2.82. The molecule has 3 N–H and O–H groups in total. The molecule has 0 aliphatic rings. The van der Waals surface area contributed by atoms with Crippen LogP contribution < -0.4 is 11.1 Å². The lowest BCUT2D eigenvalue weighted by Crippen LogP contribution is -2.56. The first-order valence-electron chi connectivity index (χ1n) is 12.3. The van der Waals surface area contributed by atoms with Crippen molar-refractivity contribution < 1.29 is 23.9 Å². The van der Waals surface area contributed by atoms with Crippen molar-refractivity contribution in [3.05, 3.63) is 69.7 Å². The quantitative estimate of drug-likeness (QED) is 0.427. The number of nitrogens with one attached hydrogen (secondary N) is 1. The summed E-state index contributed by atoms with van der Waals surface area (Å²) in [5.41, 5.74) is 5.99. The number of carbonyl (C=O) groups is 3. The first-order chi connectivity index (χ1) is 17.5. The van der Waals surface area contributed by atoms with Gasteiger partial charge in [0.1, 0.15) is 11.1 Å². The predicted octanol–water partition coefficient (Wildman–Crippen LogP) is 4.79. The van der Waals surface area contributed by atoms with Gasteiger partial charge < -0.3 is 20.5 Å². The maximum Gasteiger partial charge on any atom is 0.410 e. The minimum atomic E-state index is -1.15. The van der Waals surface area contributed by atoms with E-state index in [9.17, 15) is 14.4 Å². The van der Waals surface area contributed by atoms with Crippen LogP contribution in [0.4, 0.5) is 4.79 Å². The van der Waals surface area contributed by atoms with E-state index in [1.54, 1.807) is 48.7 Å². The molecule has 9 heteroatoms. The highest BCUT2D eigenvalue weighted by Gasteiger charge is 2.43. The summed E-state index contributed by atoms with van der Waals surface area (Å²) in [7, 11) is 4.61. The first-order valence-corrected chi connectivity index (χ1v) is 13.1. The van der Waals surface area contributed by atoms with Crippen LogP contribution in [0.2, 0.25) is 0 Å². The van der Waals surface area contributed by atoms with E-state index in [1.807, 2.05) is 55.5 Å². The number of esters is 1. The molecule has 0 saturated heterocycles. The number of primary amides is 1. The number of halogens is 1. The topological polar surface area (TPSA) is 111 Å². The Morgan fingerprint density at radius 2 is 1.53 bits per heavy atom. The maximum atomic E-state index is 12.4. The van der Waals surface area contributed by atoms with Crippen LogP contribution in [0.15, 0.2) is 53.0 Å². The summed E-state index contributed by atoms with van der Waals surface area (Å²) in [5.74, 6) is -0.822. The number of likely N-dealkylation sites (N-methyl/N-ethyl adjacent to an activating group) is 2. The normalized spacial score (nSPS) is 14.2. The number of carbonyl (C=O) groups excluding carboxylic acids is 3. The average molecular weight is 593 g/mol. The molecule has 0 aliphatic heterocycles. The molecule has 0 bridgehead atoms. The minimum Gasteiger partial charge on any atom is -0.467 e. The SMILES string of the molecule is CNC(C)(Cc1cccc(Br)c1)C(N)=O.COC(=O)C(C)(Cc1cccc(C)c1)N(C)C(=O)OC(C)(C)C. The molecule has 2 aromatic rings. The number of rotatable bonds is 8. The van der Waals surface area contributed by atoms with Crippen LogP contribution in [0.5, 0.6) is 0 Å². The lowest BCUT2D eigenvalue weighted by molar-refractivity contribution is -0.153. The molecule has 2 unspecified atom stereocenters. The fourth-order valence-corrected chi connectivity index (χ4v) is 4.10. The lowest BCUT2D eigenvalue weighted by atomic mass is 9.91. The monoisotopic (exact) mass is 591 g/mol. The third-order valence-electron chi connectivity index (χ3n) is 6.21. The van der Waals surface area contributed by atoms with E-state index in [2.05, 4.69) is 21.2 Å². The van der Waals surface area contributed by atoms with E-state index >= 15 is 0 Å². The van der Waals surface area contributed by atoms with Crippen LogP contribution in [0.25, 0.3) is 0 Å². The molecule has 38 heavy (non-hydrogen) atoms. The molecule has 8 nitrogen and oxygen atoms in total. The Morgan fingerprint density at radius 3 is 1.97 bits per heavy atom. The zero-order valence-electron chi connectivity index (χ0n) is 24.0. The Hall–Kier alpha value is -2.91. The van der Waals surface area contributed by atoms with Crippen molar-refractivity contribution in [3.8, 4) is 0 Å². The molecule has 0 fully saturated rings. The van der Waals surface area contributed by atoms with E-state index in [4.69, 9.17) is 15.2 Å². The Kier molecular flexibility index (Phi) is 12.0. The van der Waals surface area contributed by atoms with Crippen LogP contribution in [0.3, 0.4) is 0 Å². The van der Waals surface area contributed by atoms with E-state index in [1.165, 1.54) is 12.0 Å². The molecule has 0 heterocycles. The lowest BCUT2D eigenvalue weighted by Gasteiger charge is -2.37. The standard InChI is InChI=1S/C18H27NO4.C11H15BrN2O/c1-13-9-8-10-14(11-13)12-18(5,15(20)22-7)19(6)16(21)23-17(2,3)4;1-11(14-2,10(13)15)7-8-4-3-5-9(12)6-8/h8-11H,12H2,1-7H3;3-6,14H,7H2,1-2H3,(H2,13,15). The Labute approximate surface area is 235 Å². The van der Waals surface area contributed by atoms with Gasteiger partial charge in [-0.2, -0.15) is 0 Å². The maximum absolute atomic E-state index is 12.4. The second-order valence-corrected chi connectivity index (χ2v) is 11.6. The van der Waals surface area contributed by atoms with E-state index in [0.717, 1.165) is 21.2 Å². The van der Waals surface area contributed by atoms with Gasteiger partial charge in [-0.1, -0.05) is 57.9 Å². The van der Waals surface area contributed by atoms with Crippen molar-refractivity contribution in [2.45, 2.75) is 71.1 Å². The molecule has 210 valence electrons. The van der Waals surface area contributed by atoms with Crippen LogP contribution >= 0.6 is 15.9 Å². The van der Waals surface area contributed by atoms with Gasteiger partial charge >= 0.3 is 12.1 Å². The number of hydrogen-bond acceptors (Lipinski definition) is 6. The molecule has 2 atom stereocenters. The van der Waals surface area contributed by atoms with Crippen LogP contribution in [0, 0.1) is 6.92 Å². The fourth-order valence-electron chi connectivity index (χ4n) is 3.65. The highest BCUT2D eigenvalue weighted by atomic mass is 79.9. The highest BCUT2D eigenvalue weighted by molar-refractivity contribution is 9.10. The van der Waals surface area contributed by atoms with Gasteiger partial charge in [0, 0.05) is 17.9 Å². The van der Waals surface area contributed by atoms with Crippen molar-refractivity contribution in [1.82, 2.24) is 10.2 Å². The number of amides is 2. The zero-order valence-corrected chi connectivity index (χ0v) is 25.6. The van der Waals surface area contributed by atoms with Crippen molar-refractivity contribution in [2.75, 3.05) is 21.2 Å². The van der Waals surface area contributed by atoms with Gasteiger partial charge in [-0.15, -0.1) is 0 Å².